The van der Waals surface area contributed by atoms with Gasteiger partial charge in [-0.25, -0.2) is 4.98 Å². The predicted molar refractivity (Wildman–Crippen MR) is 56.3 cm³/mol. The molecule has 1 aliphatic heterocycles. The molecule has 75 valence electrons. The van der Waals surface area contributed by atoms with Crippen molar-refractivity contribution in [2.45, 2.75) is 32.5 Å². The summed E-state index contributed by atoms with van der Waals surface area (Å²) in [6.07, 6.45) is 2.45. The molecule has 1 fully saturated rings. The number of aromatic amines is 1. The lowest BCUT2D eigenvalue weighted by atomic mass is 9.87. The molecular weight excluding hydrogens is 175 g/mol. The molecule has 4 nitrogen and oxygen atoms in total. The molecule has 0 amide bonds. The molecule has 1 atom stereocenters. The molecule has 0 aromatic carbocycles. The summed E-state index contributed by atoms with van der Waals surface area (Å²) in [5, 5.41) is 7.14. The summed E-state index contributed by atoms with van der Waals surface area (Å²) in [7, 11) is 2.16. The maximum absolute atomic E-state index is 4.40. The van der Waals surface area contributed by atoms with E-state index in [-0.39, 0.29) is 0 Å². The molecule has 1 unspecified atom stereocenters. The summed E-state index contributed by atoms with van der Waals surface area (Å²) in [6.45, 7) is 6.28. The molecular formula is C9H16BN4. The third kappa shape index (κ3) is 1.98. The Morgan fingerprint density at radius 1 is 1.57 bits per heavy atom. The van der Waals surface area contributed by atoms with E-state index < -0.39 is 0 Å². The summed E-state index contributed by atoms with van der Waals surface area (Å²) >= 11 is 0. The van der Waals surface area contributed by atoms with Gasteiger partial charge in [-0.3, -0.25) is 5.10 Å². The maximum Gasteiger partial charge on any atom is 0.205 e. The first kappa shape index (κ1) is 9.71. The van der Waals surface area contributed by atoms with Gasteiger partial charge in [-0.1, -0.05) is 6.82 Å². The summed E-state index contributed by atoms with van der Waals surface area (Å²) in [4.78, 5) is 6.74. The van der Waals surface area contributed by atoms with Gasteiger partial charge in [0.15, 0.2) is 5.82 Å². The standard InChI is InChI=1S/C9H16BN4/c1-7-11-9(13-12-7)8-4-3-5-14(6-8)10-2/h8H,3-6H2,1-2H3,(H,11,12,13). The highest BCUT2D eigenvalue weighted by molar-refractivity contribution is 6.29. The number of H-pyrrole nitrogens is 1. The van der Waals surface area contributed by atoms with Gasteiger partial charge in [0.25, 0.3) is 0 Å². The number of hydrogen-bond acceptors (Lipinski definition) is 3. The molecule has 2 rings (SSSR count). The first-order valence-corrected chi connectivity index (χ1v) is 5.22. The fraction of sp³-hybridized carbons (Fsp3) is 0.778. The number of hydrogen-bond donors (Lipinski definition) is 1. The Hall–Kier alpha value is -0.835. The van der Waals surface area contributed by atoms with Gasteiger partial charge in [0.05, 0.1) is 0 Å². The van der Waals surface area contributed by atoms with Gasteiger partial charge in [-0.05, 0) is 32.9 Å². The topological polar surface area (TPSA) is 44.8 Å². The van der Waals surface area contributed by atoms with Crippen molar-refractivity contribution >= 4 is 7.41 Å². The second-order valence-electron chi connectivity index (χ2n) is 3.87. The monoisotopic (exact) mass is 191 g/mol. The van der Waals surface area contributed by atoms with E-state index in [1.807, 2.05) is 6.92 Å². The van der Waals surface area contributed by atoms with Crippen molar-refractivity contribution < 1.29 is 0 Å². The smallest absolute Gasteiger partial charge is 0.205 e. The molecule has 1 N–H and O–H groups in total. The minimum Gasteiger partial charge on any atom is -0.346 e. The van der Waals surface area contributed by atoms with Crippen LogP contribution in [0, 0.1) is 6.92 Å². The Morgan fingerprint density at radius 3 is 3.07 bits per heavy atom. The van der Waals surface area contributed by atoms with E-state index in [0.717, 1.165) is 18.2 Å². The zero-order valence-corrected chi connectivity index (χ0v) is 8.82. The quantitative estimate of drug-likeness (QED) is 0.708. The van der Waals surface area contributed by atoms with Crippen LogP contribution in [0.1, 0.15) is 30.4 Å². The number of nitrogens with zero attached hydrogens (tertiary/aromatic N) is 3. The first-order valence-electron chi connectivity index (χ1n) is 5.22. The molecule has 0 spiro atoms. The van der Waals surface area contributed by atoms with E-state index in [9.17, 15) is 0 Å². The van der Waals surface area contributed by atoms with E-state index in [4.69, 9.17) is 0 Å². The van der Waals surface area contributed by atoms with Crippen molar-refractivity contribution in [3.63, 3.8) is 0 Å². The third-order valence-corrected chi connectivity index (χ3v) is 2.80. The van der Waals surface area contributed by atoms with E-state index in [2.05, 4.69) is 34.2 Å². The lowest BCUT2D eigenvalue weighted by molar-refractivity contribution is 0.318. The molecule has 1 saturated heterocycles. The number of nitrogens with one attached hydrogen (secondary N) is 1. The molecule has 14 heavy (non-hydrogen) atoms. The van der Waals surface area contributed by atoms with Crippen LogP contribution < -0.4 is 0 Å². The minimum absolute atomic E-state index is 0.505. The van der Waals surface area contributed by atoms with Crippen molar-refractivity contribution in [3.05, 3.63) is 11.6 Å². The zero-order valence-electron chi connectivity index (χ0n) is 8.82. The average molecular weight is 191 g/mol. The molecule has 1 radical (unpaired) electrons. The van der Waals surface area contributed by atoms with E-state index in [1.165, 1.54) is 19.4 Å². The number of piperidine rings is 1. The lowest BCUT2D eigenvalue weighted by Crippen LogP contribution is -2.36. The summed E-state index contributed by atoms with van der Waals surface area (Å²) in [6, 6.07) is 0. The van der Waals surface area contributed by atoms with Crippen LogP contribution in [0.3, 0.4) is 0 Å². The van der Waals surface area contributed by atoms with Gasteiger partial charge in [0, 0.05) is 5.92 Å². The van der Waals surface area contributed by atoms with Gasteiger partial charge in [-0.15, -0.1) is 0 Å². The average Bonchev–Trinajstić information content (AvgIpc) is 2.65. The van der Waals surface area contributed by atoms with E-state index in [1.54, 1.807) is 0 Å². The maximum atomic E-state index is 4.40. The van der Waals surface area contributed by atoms with Gasteiger partial charge in [-0.2, -0.15) is 5.10 Å². The molecule has 2 heterocycles. The highest BCUT2D eigenvalue weighted by atomic mass is 15.2. The largest absolute Gasteiger partial charge is 0.346 e. The Bertz CT molecular complexity index is 299. The summed E-state index contributed by atoms with van der Waals surface area (Å²) in [5.74, 6) is 2.40. The fourth-order valence-corrected chi connectivity index (χ4v) is 1.99. The van der Waals surface area contributed by atoms with Gasteiger partial charge in [0.1, 0.15) is 5.82 Å². The van der Waals surface area contributed by atoms with Crippen molar-refractivity contribution in [1.29, 1.82) is 0 Å². The van der Waals surface area contributed by atoms with Crippen LogP contribution in [-0.4, -0.2) is 40.5 Å². The van der Waals surface area contributed by atoms with Crippen LogP contribution >= 0.6 is 0 Å². The van der Waals surface area contributed by atoms with Gasteiger partial charge >= 0.3 is 0 Å². The minimum atomic E-state index is 0.505. The summed E-state index contributed by atoms with van der Waals surface area (Å²) < 4.78 is 0. The highest BCUT2D eigenvalue weighted by Crippen LogP contribution is 2.23. The van der Waals surface area contributed by atoms with E-state index >= 15 is 0 Å². The number of aryl methyl sites for hydroxylation is 1. The Morgan fingerprint density at radius 2 is 2.43 bits per heavy atom. The van der Waals surface area contributed by atoms with Crippen LogP contribution in [0.15, 0.2) is 0 Å². The van der Waals surface area contributed by atoms with Crippen LogP contribution in [0.25, 0.3) is 0 Å². The Kier molecular flexibility index (Phi) is 2.86. The number of rotatable bonds is 2. The Balaban J connectivity index is 2.04. The molecule has 1 aliphatic rings. The normalized spacial score (nSPS) is 23.7. The summed E-state index contributed by atoms with van der Waals surface area (Å²) in [5.41, 5.74) is 0. The first-order chi connectivity index (χ1) is 6.79. The van der Waals surface area contributed by atoms with Crippen LogP contribution in [0.2, 0.25) is 6.82 Å². The van der Waals surface area contributed by atoms with Crippen LogP contribution in [0.4, 0.5) is 0 Å². The Labute approximate surface area is 85.4 Å². The molecule has 1 aromatic rings. The highest BCUT2D eigenvalue weighted by Gasteiger charge is 2.23. The van der Waals surface area contributed by atoms with Crippen molar-refractivity contribution in [1.82, 2.24) is 20.0 Å². The van der Waals surface area contributed by atoms with Gasteiger partial charge < -0.3 is 4.81 Å². The molecule has 0 aliphatic carbocycles. The molecule has 0 bridgehead atoms. The second-order valence-corrected chi connectivity index (χ2v) is 3.87. The fourth-order valence-electron chi connectivity index (χ4n) is 1.99. The predicted octanol–water partition coefficient (Wildman–Crippen LogP) is 0.960. The molecule has 5 heteroatoms. The van der Waals surface area contributed by atoms with Crippen molar-refractivity contribution in [2.24, 2.45) is 0 Å². The lowest BCUT2D eigenvalue weighted by Gasteiger charge is -2.30. The third-order valence-electron chi connectivity index (χ3n) is 2.80. The molecule has 0 saturated carbocycles. The number of aromatic nitrogens is 3. The molecule has 1 aromatic heterocycles. The van der Waals surface area contributed by atoms with E-state index in [0.29, 0.717) is 5.92 Å². The van der Waals surface area contributed by atoms with Crippen molar-refractivity contribution in [2.75, 3.05) is 13.1 Å². The van der Waals surface area contributed by atoms with Crippen LogP contribution in [-0.2, 0) is 0 Å². The van der Waals surface area contributed by atoms with Crippen molar-refractivity contribution in [3.8, 4) is 0 Å². The second kappa shape index (κ2) is 4.13. The van der Waals surface area contributed by atoms with Gasteiger partial charge in [0.2, 0.25) is 7.41 Å². The zero-order chi connectivity index (χ0) is 9.97. The SMILES string of the molecule is C[B]N1CCCC(c2n[nH]c(C)n2)C1. The van der Waals surface area contributed by atoms with Crippen LogP contribution in [0.5, 0.6) is 0 Å².